The molecule has 1 rings (SSSR count). The molecule has 0 atom stereocenters. The maximum Gasteiger partial charge on any atom is 0.335 e. The standard InChI is InChI=1S/C13H16FN3O4/c1-3-17(2)11(18)7-15-13(21)16-10-5-4-8(12(19)20)6-9(10)14/h4-6H,3,7H2,1-2H3,(H,19,20)(H2,15,16,21). The highest BCUT2D eigenvalue weighted by atomic mass is 19.1. The van der Waals surface area contributed by atoms with E-state index in [1.54, 1.807) is 14.0 Å². The first-order chi connectivity index (χ1) is 9.85. The lowest BCUT2D eigenvalue weighted by molar-refractivity contribution is -0.128. The average Bonchev–Trinajstić information content (AvgIpc) is 2.45. The van der Waals surface area contributed by atoms with Gasteiger partial charge in [0.15, 0.2) is 0 Å². The number of amides is 3. The van der Waals surface area contributed by atoms with Crippen LogP contribution in [0.5, 0.6) is 0 Å². The molecule has 0 aliphatic heterocycles. The molecule has 1 aromatic rings. The van der Waals surface area contributed by atoms with Crippen molar-refractivity contribution in [3.05, 3.63) is 29.6 Å². The van der Waals surface area contributed by atoms with E-state index in [-0.39, 0.29) is 23.7 Å². The predicted molar refractivity (Wildman–Crippen MR) is 73.7 cm³/mol. The highest BCUT2D eigenvalue weighted by molar-refractivity contribution is 5.93. The third-order valence-electron chi connectivity index (χ3n) is 2.76. The van der Waals surface area contributed by atoms with E-state index in [4.69, 9.17) is 5.11 Å². The average molecular weight is 297 g/mol. The number of benzene rings is 1. The Balaban J connectivity index is 2.59. The molecule has 1 aromatic carbocycles. The first-order valence-electron chi connectivity index (χ1n) is 6.16. The number of anilines is 1. The second-order valence-corrected chi connectivity index (χ2v) is 4.22. The fourth-order valence-corrected chi connectivity index (χ4v) is 1.38. The Morgan fingerprint density at radius 3 is 2.52 bits per heavy atom. The van der Waals surface area contributed by atoms with Crippen molar-refractivity contribution in [1.29, 1.82) is 0 Å². The van der Waals surface area contributed by atoms with Gasteiger partial charge in [0.25, 0.3) is 0 Å². The summed E-state index contributed by atoms with van der Waals surface area (Å²) in [6.07, 6.45) is 0. The molecule has 0 aromatic heterocycles. The second-order valence-electron chi connectivity index (χ2n) is 4.22. The van der Waals surface area contributed by atoms with Crippen LogP contribution in [0.3, 0.4) is 0 Å². The van der Waals surface area contributed by atoms with E-state index < -0.39 is 17.8 Å². The Hall–Kier alpha value is -2.64. The highest BCUT2D eigenvalue weighted by Crippen LogP contribution is 2.15. The molecule has 0 fully saturated rings. The van der Waals surface area contributed by atoms with Gasteiger partial charge in [-0.05, 0) is 25.1 Å². The molecular formula is C13H16FN3O4. The van der Waals surface area contributed by atoms with E-state index in [1.165, 1.54) is 4.90 Å². The van der Waals surface area contributed by atoms with E-state index in [0.29, 0.717) is 6.54 Å². The summed E-state index contributed by atoms with van der Waals surface area (Å²) in [7, 11) is 1.59. The third kappa shape index (κ3) is 4.75. The molecule has 0 radical (unpaired) electrons. The highest BCUT2D eigenvalue weighted by Gasteiger charge is 2.12. The molecular weight excluding hydrogens is 281 g/mol. The second kappa shape index (κ2) is 7.22. The van der Waals surface area contributed by atoms with E-state index in [2.05, 4.69) is 10.6 Å². The molecule has 0 aliphatic rings. The maximum absolute atomic E-state index is 13.6. The van der Waals surface area contributed by atoms with Crippen LogP contribution >= 0.6 is 0 Å². The number of urea groups is 1. The van der Waals surface area contributed by atoms with E-state index >= 15 is 0 Å². The van der Waals surface area contributed by atoms with Gasteiger partial charge in [-0.25, -0.2) is 14.0 Å². The fraction of sp³-hybridized carbons (Fsp3) is 0.308. The van der Waals surface area contributed by atoms with Crippen LogP contribution in [0, 0.1) is 5.82 Å². The predicted octanol–water partition coefficient (Wildman–Crippen LogP) is 1.12. The van der Waals surface area contributed by atoms with Gasteiger partial charge in [0.05, 0.1) is 17.8 Å². The van der Waals surface area contributed by atoms with Crippen LogP contribution in [0.1, 0.15) is 17.3 Å². The van der Waals surface area contributed by atoms with Crippen LogP contribution in [-0.4, -0.2) is 48.1 Å². The number of carboxylic acids is 1. The zero-order valence-corrected chi connectivity index (χ0v) is 11.6. The molecule has 8 heteroatoms. The number of nitrogens with one attached hydrogen (secondary N) is 2. The van der Waals surface area contributed by atoms with E-state index in [9.17, 15) is 18.8 Å². The third-order valence-corrected chi connectivity index (χ3v) is 2.76. The summed E-state index contributed by atoms with van der Waals surface area (Å²) < 4.78 is 13.6. The lowest BCUT2D eigenvalue weighted by atomic mass is 10.2. The normalized spacial score (nSPS) is 9.86. The molecule has 7 nitrogen and oxygen atoms in total. The van der Waals surface area contributed by atoms with Crippen molar-refractivity contribution >= 4 is 23.6 Å². The van der Waals surface area contributed by atoms with Crippen LogP contribution in [0.2, 0.25) is 0 Å². The molecule has 0 spiro atoms. The molecule has 21 heavy (non-hydrogen) atoms. The topological polar surface area (TPSA) is 98.7 Å². The minimum absolute atomic E-state index is 0.172. The van der Waals surface area contributed by atoms with Crippen LogP contribution in [0.25, 0.3) is 0 Å². The van der Waals surface area contributed by atoms with Crippen molar-refractivity contribution < 1.29 is 23.9 Å². The van der Waals surface area contributed by atoms with Crippen molar-refractivity contribution in [2.75, 3.05) is 25.5 Å². The number of carbonyl (C=O) groups is 3. The Bertz CT molecular complexity index is 562. The number of rotatable bonds is 5. The van der Waals surface area contributed by atoms with Gasteiger partial charge in [-0.2, -0.15) is 0 Å². The molecule has 0 aliphatic carbocycles. The smallest absolute Gasteiger partial charge is 0.335 e. The summed E-state index contributed by atoms with van der Waals surface area (Å²) in [5.41, 5.74) is -0.396. The number of carbonyl (C=O) groups excluding carboxylic acids is 2. The van der Waals surface area contributed by atoms with Gasteiger partial charge in [0.1, 0.15) is 5.82 Å². The van der Waals surface area contributed by atoms with Crippen molar-refractivity contribution in [2.45, 2.75) is 6.92 Å². The first-order valence-corrected chi connectivity index (χ1v) is 6.16. The summed E-state index contributed by atoms with van der Waals surface area (Å²) in [5.74, 6) is -2.42. The number of likely N-dealkylation sites (N-methyl/N-ethyl adjacent to an activating group) is 1. The lowest BCUT2D eigenvalue weighted by Gasteiger charge is -2.15. The molecule has 3 amide bonds. The quantitative estimate of drug-likeness (QED) is 0.758. The van der Waals surface area contributed by atoms with Crippen molar-refractivity contribution in [2.24, 2.45) is 0 Å². The first kappa shape index (κ1) is 16.4. The van der Waals surface area contributed by atoms with Gasteiger partial charge in [-0.15, -0.1) is 0 Å². The molecule has 0 heterocycles. The zero-order chi connectivity index (χ0) is 16.0. The summed E-state index contributed by atoms with van der Waals surface area (Å²) >= 11 is 0. The van der Waals surface area contributed by atoms with Gasteiger partial charge in [-0.3, -0.25) is 4.79 Å². The Morgan fingerprint density at radius 1 is 1.33 bits per heavy atom. The number of hydrogen-bond donors (Lipinski definition) is 3. The Kier molecular flexibility index (Phi) is 5.65. The van der Waals surface area contributed by atoms with Crippen molar-refractivity contribution in [3.63, 3.8) is 0 Å². The maximum atomic E-state index is 13.6. The lowest BCUT2D eigenvalue weighted by Crippen LogP contribution is -2.39. The Morgan fingerprint density at radius 2 is 2.00 bits per heavy atom. The number of aromatic carboxylic acids is 1. The molecule has 0 unspecified atom stereocenters. The summed E-state index contributed by atoms with van der Waals surface area (Å²) in [6.45, 7) is 2.08. The number of halogens is 1. The van der Waals surface area contributed by atoms with Crippen LogP contribution in [-0.2, 0) is 4.79 Å². The van der Waals surface area contributed by atoms with Gasteiger partial charge in [0, 0.05) is 13.6 Å². The van der Waals surface area contributed by atoms with E-state index in [1.807, 2.05) is 0 Å². The van der Waals surface area contributed by atoms with Crippen LogP contribution in [0.15, 0.2) is 18.2 Å². The molecule has 0 saturated heterocycles. The van der Waals surface area contributed by atoms with E-state index in [0.717, 1.165) is 18.2 Å². The summed E-state index contributed by atoms with van der Waals surface area (Å²) in [4.78, 5) is 35.1. The van der Waals surface area contributed by atoms with Crippen molar-refractivity contribution in [1.82, 2.24) is 10.2 Å². The molecule has 0 saturated carbocycles. The summed E-state index contributed by atoms with van der Waals surface area (Å²) in [6, 6.07) is 2.35. The van der Waals surface area contributed by atoms with Crippen LogP contribution < -0.4 is 10.6 Å². The minimum Gasteiger partial charge on any atom is -0.478 e. The number of hydrogen-bond acceptors (Lipinski definition) is 3. The zero-order valence-electron chi connectivity index (χ0n) is 11.6. The summed E-state index contributed by atoms with van der Waals surface area (Å²) in [5, 5.41) is 13.2. The monoisotopic (exact) mass is 297 g/mol. The number of carboxylic acid groups (broad SMARTS) is 1. The molecule has 114 valence electrons. The minimum atomic E-state index is -1.27. The molecule has 3 N–H and O–H groups in total. The van der Waals surface area contributed by atoms with Crippen LogP contribution in [0.4, 0.5) is 14.9 Å². The number of nitrogens with zero attached hydrogens (tertiary/aromatic N) is 1. The van der Waals surface area contributed by atoms with Gasteiger partial charge < -0.3 is 20.6 Å². The van der Waals surface area contributed by atoms with Crippen molar-refractivity contribution in [3.8, 4) is 0 Å². The van der Waals surface area contributed by atoms with Gasteiger partial charge in [-0.1, -0.05) is 0 Å². The SMILES string of the molecule is CCN(C)C(=O)CNC(=O)Nc1ccc(C(=O)O)cc1F. The molecule has 0 bridgehead atoms. The van der Waals surface area contributed by atoms with Gasteiger partial charge in [0.2, 0.25) is 5.91 Å². The Labute approximate surface area is 120 Å². The largest absolute Gasteiger partial charge is 0.478 e. The van der Waals surface area contributed by atoms with Gasteiger partial charge >= 0.3 is 12.0 Å². The fourth-order valence-electron chi connectivity index (χ4n) is 1.38.